The number of hydrogen-bond acceptors (Lipinski definition) is 4. The van der Waals surface area contributed by atoms with Crippen LogP contribution >= 0.6 is 0 Å². The van der Waals surface area contributed by atoms with Gasteiger partial charge >= 0.3 is 0 Å². The zero-order valence-electron chi connectivity index (χ0n) is 19.2. The van der Waals surface area contributed by atoms with Crippen molar-refractivity contribution in [2.24, 2.45) is 5.92 Å². The monoisotopic (exact) mass is 439 g/mol. The molecule has 1 aromatic carbocycles. The zero-order valence-corrected chi connectivity index (χ0v) is 19.2. The van der Waals surface area contributed by atoms with Crippen LogP contribution in [0.25, 0.3) is 0 Å². The molecule has 1 saturated heterocycles. The van der Waals surface area contributed by atoms with Gasteiger partial charge < -0.3 is 10.2 Å². The molecule has 6 nitrogen and oxygen atoms in total. The fraction of sp³-hybridized carbons (Fsp3) is 0.654. The number of hydrogen-bond donors (Lipinski definition) is 2. The molecule has 2 heterocycles. The number of amides is 3. The first-order valence-electron chi connectivity index (χ1n) is 12.6. The lowest BCUT2D eigenvalue weighted by Gasteiger charge is -2.29. The summed E-state index contributed by atoms with van der Waals surface area (Å²) in [6.07, 6.45) is 15.7. The zero-order chi connectivity index (χ0) is 22.3. The Morgan fingerprint density at radius 3 is 2.53 bits per heavy atom. The number of piperidine rings is 1. The van der Waals surface area contributed by atoms with Crippen molar-refractivity contribution >= 4 is 23.4 Å². The quantitative estimate of drug-likeness (QED) is 0.406. The van der Waals surface area contributed by atoms with Crippen LogP contribution in [0.5, 0.6) is 0 Å². The minimum absolute atomic E-state index is 0.115. The summed E-state index contributed by atoms with van der Waals surface area (Å²) < 4.78 is 0. The van der Waals surface area contributed by atoms with Crippen LogP contribution in [0.4, 0.5) is 5.69 Å². The van der Waals surface area contributed by atoms with Gasteiger partial charge in [0, 0.05) is 36.3 Å². The Hall–Kier alpha value is -2.37. The van der Waals surface area contributed by atoms with Crippen LogP contribution in [-0.4, -0.2) is 35.2 Å². The Balaban J connectivity index is 1.19. The topological polar surface area (TPSA) is 78.5 Å². The summed E-state index contributed by atoms with van der Waals surface area (Å²) in [6.45, 7) is 1.32. The molecule has 32 heavy (non-hydrogen) atoms. The number of nitrogens with zero attached hydrogens (tertiary/aromatic N) is 1. The van der Waals surface area contributed by atoms with Gasteiger partial charge in [-0.25, -0.2) is 0 Å². The Morgan fingerprint density at radius 1 is 0.938 bits per heavy atom. The highest BCUT2D eigenvalue weighted by atomic mass is 16.2. The second kappa shape index (κ2) is 11.0. The summed E-state index contributed by atoms with van der Waals surface area (Å²) in [5, 5.41) is 5.88. The maximum absolute atomic E-state index is 12.9. The first kappa shape index (κ1) is 22.8. The molecular formula is C26H37N3O3. The number of rotatable bonds is 10. The molecule has 174 valence electrons. The van der Waals surface area contributed by atoms with E-state index >= 15 is 0 Å². The van der Waals surface area contributed by atoms with Gasteiger partial charge in [-0.3, -0.25) is 19.7 Å². The lowest BCUT2D eigenvalue weighted by Crippen LogP contribution is -2.52. The van der Waals surface area contributed by atoms with Gasteiger partial charge in [0.25, 0.3) is 5.91 Å². The number of unbranched alkanes of at least 4 members (excludes halogenated alkanes) is 4. The minimum Gasteiger partial charge on any atom is -0.385 e. The standard InChI is InChI=1S/C26H37N3O3/c30-24-16-15-23(25(31)28-24)29-18-21-20(26(29)32)13-9-14-22(21)27-17-8-3-1-2-5-10-19-11-6-4-7-12-19/h9,13-14,19,23,27H,1-8,10-12,15-18H2,(H,28,30,31). The van der Waals surface area contributed by atoms with E-state index in [2.05, 4.69) is 10.6 Å². The second-order valence-corrected chi connectivity index (χ2v) is 9.72. The van der Waals surface area contributed by atoms with Crippen molar-refractivity contribution in [3.05, 3.63) is 29.3 Å². The molecule has 2 N–H and O–H groups in total. The average molecular weight is 440 g/mol. The van der Waals surface area contributed by atoms with E-state index in [0.29, 0.717) is 18.5 Å². The third kappa shape index (κ3) is 5.51. The second-order valence-electron chi connectivity index (χ2n) is 9.72. The van der Waals surface area contributed by atoms with Crippen LogP contribution in [0.2, 0.25) is 0 Å². The molecule has 1 unspecified atom stereocenters. The maximum Gasteiger partial charge on any atom is 0.255 e. The smallest absolute Gasteiger partial charge is 0.255 e. The lowest BCUT2D eigenvalue weighted by atomic mass is 9.85. The molecule has 0 aromatic heterocycles. The first-order chi connectivity index (χ1) is 15.6. The summed E-state index contributed by atoms with van der Waals surface area (Å²) in [6, 6.07) is 5.19. The summed E-state index contributed by atoms with van der Waals surface area (Å²) in [5.41, 5.74) is 2.63. The van der Waals surface area contributed by atoms with Crippen molar-refractivity contribution in [3.63, 3.8) is 0 Å². The molecule has 2 fully saturated rings. The Bertz CT molecular complexity index is 832. The highest BCUT2D eigenvalue weighted by Gasteiger charge is 2.39. The molecule has 1 aliphatic carbocycles. The van der Waals surface area contributed by atoms with E-state index < -0.39 is 6.04 Å². The van der Waals surface area contributed by atoms with Crippen LogP contribution in [0.1, 0.15) is 99.4 Å². The van der Waals surface area contributed by atoms with Gasteiger partial charge in [-0.15, -0.1) is 0 Å². The van der Waals surface area contributed by atoms with E-state index in [4.69, 9.17) is 0 Å². The number of nitrogens with one attached hydrogen (secondary N) is 2. The van der Waals surface area contributed by atoms with Crippen LogP contribution < -0.4 is 10.6 Å². The van der Waals surface area contributed by atoms with E-state index in [9.17, 15) is 14.4 Å². The predicted octanol–water partition coefficient (Wildman–Crippen LogP) is 4.78. The average Bonchev–Trinajstić information content (AvgIpc) is 3.13. The largest absolute Gasteiger partial charge is 0.385 e. The molecule has 6 heteroatoms. The predicted molar refractivity (Wildman–Crippen MR) is 125 cm³/mol. The van der Waals surface area contributed by atoms with Crippen molar-refractivity contribution in [1.29, 1.82) is 0 Å². The SMILES string of the molecule is O=C1CCC(N2Cc3c(NCCCCCCCC4CCCCC4)cccc3C2=O)C(=O)N1. The molecule has 3 aliphatic rings. The fourth-order valence-electron chi connectivity index (χ4n) is 5.54. The Labute approximate surface area is 191 Å². The number of carbonyl (C=O) groups is 3. The van der Waals surface area contributed by atoms with Crippen molar-refractivity contribution in [2.75, 3.05) is 11.9 Å². The Kier molecular flexibility index (Phi) is 7.82. The van der Waals surface area contributed by atoms with E-state index in [1.165, 1.54) is 64.2 Å². The Morgan fingerprint density at radius 2 is 1.72 bits per heavy atom. The molecule has 1 atom stereocenters. The van der Waals surface area contributed by atoms with Crippen LogP contribution in [0, 0.1) is 5.92 Å². The summed E-state index contributed by atoms with van der Waals surface area (Å²) in [5.74, 6) is 0.260. The van der Waals surface area contributed by atoms with Crippen LogP contribution in [0.3, 0.4) is 0 Å². The molecule has 0 spiro atoms. The number of benzene rings is 1. The third-order valence-electron chi connectivity index (χ3n) is 7.41. The van der Waals surface area contributed by atoms with Crippen LogP contribution in [-0.2, 0) is 16.1 Å². The van der Waals surface area contributed by atoms with Gasteiger partial charge in [-0.1, -0.05) is 70.3 Å². The number of anilines is 1. The third-order valence-corrected chi connectivity index (χ3v) is 7.41. The van der Waals surface area contributed by atoms with E-state index in [-0.39, 0.29) is 24.1 Å². The molecule has 2 aliphatic heterocycles. The van der Waals surface area contributed by atoms with Crippen molar-refractivity contribution < 1.29 is 14.4 Å². The molecule has 0 radical (unpaired) electrons. The number of carbonyl (C=O) groups excluding carboxylic acids is 3. The van der Waals surface area contributed by atoms with Crippen molar-refractivity contribution in [1.82, 2.24) is 10.2 Å². The molecular weight excluding hydrogens is 402 g/mol. The summed E-state index contributed by atoms with van der Waals surface area (Å²) in [4.78, 5) is 38.2. The molecule has 1 saturated carbocycles. The molecule has 4 rings (SSSR count). The van der Waals surface area contributed by atoms with Crippen molar-refractivity contribution in [3.8, 4) is 0 Å². The lowest BCUT2D eigenvalue weighted by molar-refractivity contribution is -0.136. The molecule has 1 aromatic rings. The molecule has 3 amide bonds. The van der Waals surface area contributed by atoms with Gasteiger partial charge in [0.2, 0.25) is 11.8 Å². The number of imide groups is 1. The van der Waals surface area contributed by atoms with E-state index in [1.807, 2.05) is 18.2 Å². The van der Waals surface area contributed by atoms with Gasteiger partial charge in [0.05, 0.1) is 0 Å². The van der Waals surface area contributed by atoms with Crippen molar-refractivity contribution in [2.45, 2.75) is 96.1 Å². The van der Waals surface area contributed by atoms with Gasteiger partial charge in [-0.2, -0.15) is 0 Å². The minimum atomic E-state index is -0.561. The summed E-state index contributed by atoms with van der Waals surface area (Å²) in [7, 11) is 0. The van der Waals surface area contributed by atoms with Gasteiger partial charge in [0.1, 0.15) is 6.04 Å². The van der Waals surface area contributed by atoms with Crippen LogP contribution in [0.15, 0.2) is 18.2 Å². The highest BCUT2D eigenvalue weighted by Crippen LogP contribution is 2.32. The maximum atomic E-state index is 12.9. The number of fused-ring (bicyclic) bond motifs is 1. The van der Waals surface area contributed by atoms with E-state index in [0.717, 1.165) is 30.1 Å². The summed E-state index contributed by atoms with van der Waals surface area (Å²) >= 11 is 0. The fourth-order valence-corrected chi connectivity index (χ4v) is 5.54. The normalized spacial score (nSPS) is 21.6. The van der Waals surface area contributed by atoms with Gasteiger partial charge in [-0.05, 0) is 30.9 Å². The highest BCUT2D eigenvalue weighted by molar-refractivity contribution is 6.06. The van der Waals surface area contributed by atoms with E-state index in [1.54, 1.807) is 4.90 Å². The molecule has 0 bridgehead atoms. The first-order valence-corrected chi connectivity index (χ1v) is 12.6. The van der Waals surface area contributed by atoms with Gasteiger partial charge in [0.15, 0.2) is 0 Å².